The Morgan fingerprint density at radius 2 is 2.33 bits per heavy atom. The van der Waals surface area contributed by atoms with E-state index in [1.165, 1.54) is 24.8 Å². The maximum atomic E-state index is 11.0. The van der Waals surface area contributed by atoms with Gasteiger partial charge in [-0.1, -0.05) is 18.9 Å². The van der Waals surface area contributed by atoms with Crippen LogP contribution in [0.25, 0.3) is 0 Å². The molecule has 0 aromatic heterocycles. The normalized spacial score (nSPS) is 35.1. The minimum absolute atomic E-state index is 0.144. The molecule has 1 fully saturated rings. The molecule has 1 heterocycles. The van der Waals surface area contributed by atoms with Crippen molar-refractivity contribution in [3.05, 3.63) is 11.6 Å². The number of rotatable bonds is 0. The van der Waals surface area contributed by atoms with Gasteiger partial charge in [-0.15, -0.1) is 0 Å². The highest BCUT2D eigenvalue weighted by atomic mass is 16.5. The summed E-state index contributed by atoms with van der Waals surface area (Å²) >= 11 is 0. The van der Waals surface area contributed by atoms with E-state index in [1.54, 1.807) is 6.08 Å². The van der Waals surface area contributed by atoms with E-state index in [9.17, 15) is 4.79 Å². The molecule has 12 heavy (non-hydrogen) atoms. The third kappa shape index (κ3) is 1.26. The SMILES string of the molecule is CC1CCCC2COC(=O)C=C12. The molecule has 0 aromatic rings. The van der Waals surface area contributed by atoms with Gasteiger partial charge in [-0.3, -0.25) is 0 Å². The molecule has 2 rings (SSSR count). The van der Waals surface area contributed by atoms with Crippen molar-refractivity contribution in [3.63, 3.8) is 0 Å². The zero-order valence-corrected chi connectivity index (χ0v) is 7.38. The van der Waals surface area contributed by atoms with Crippen LogP contribution in [0.15, 0.2) is 11.6 Å². The molecule has 0 bridgehead atoms. The number of hydrogen-bond acceptors (Lipinski definition) is 2. The van der Waals surface area contributed by atoms with Crippen LogP contribution in [-0.2, 0) is 9.53 Å². The van der Waals surface area contributed by atoms with Crippen molar-refractivity contribution in [1.29, 1.82) is 0 Å². The van der Waals surface area contributed by atoms with Gasteiger partial charge >= 0.3 is 5.97 Å². The number of carbonyl (C=O) groups is 1. The highest BCUT2D eigenvalue weighted by molar-refractivity contribution is 5.83. The molecule has 0 aromatic carbocycles. The molecule has 0 N–H and O–H groups in total. The number of cyclic esters (lactones) is 1. The zero-order chi connectivity index (χ0) is 8.55. The summed E-state index contributed by atoms with van der Waals surface area (Å²) in [5.41, 5.74) is 1.33. The Labute approximate surface area is 72.6 Å². The standard InChI is InChI=1S/C10H14O2/c1-7-3-2-4-8-6-12-10(11)5-9(7)8/h5,7-8H,2-4,6H2,1H3. The van der Waals surface area contributed by atoms with Gasteiger partial charge in [-0.2, -0.15) is 0 Å². The topological polar surface area (TPSA) is 26.3 Å². The van der Waals surface area contributed by atoms with Gasteiger partial charge in [0, 0.05) is 12.0 Å². The van der Waals surface area contributed by atoms with Crippen LogP contribution in [0, 0.1) is 11.8 Å². The lowest BCUT2D eigenvalue weighted by molar-refractivity contribution is -0.140. The first-order valence-electron chi connectivity index (χ1n) is 4.65. The van der Waals surface area contributed by atoms with E-state index >= 15 is 0 Å². The molecular formula is C10H14O2. The van der Waals surface area contributed by atoms with Crippen molar-refractivity contribution in [2.24, 2.45) is 11.8 Å². The fourth-order valence-electron chi connectivity index (χ4n) is 2.21. The second kappa shape index (κ2) is 2.92. The first kappa shape index (κ1) is 7.84. The Hall–Kier alpha value is -0.790. The van der Waals surface area contributed by atoms with Gasteiger partial charge in [0.1, 0.15) is 0 Å². The molecule has 0 spiro atoms. The molecule has 2 unspecified atom stereocenters. The van der Waals surface area contributed by atoms with Crippen LogP contribution >= 0.6 is 0 Å². The number of esters is 1. The summed E-state index contributed by atoms with van der Waals surface area (Å²) in [5.74, 6) is 0.984. The molecule has 1 aliphatic carbocycles. The summed E-state index contributed by atoms with van der Waals surface area (Å²) in [6, 6.07) is 0. The van der Waals surface area contributed by atoms with Crippen LogP contribution in [0.3, 0.4) is 0 Å². The first-order chi connectivity index (χ1) is 5.77. The molecule has 2 heteroatoms. The van der Waals surface area contributed by atoms with Gasteiger partial charge in [0.25, 0.3) is 0 Å². The van der Waals surface area contributed by atoms with E-state index in [0.717, 1.165) is 0 Å². The largest absolute Gasteiger partial charge is 0.462 e. The molecular weight excluding hydrogens is 152 g/mol. The summed E-state index contributed by atoms with van der Waals surface area (Å²) in [5, 5.41) is 0. The second-order valence-electron chi connectivity index (χ2n) is 3.80. The maximum Gasteiger partial charge on any atom is 0.330 e. The van der Waals surface area contributed by atoms with E-state index in [1.807, 2.05) is 0 Å². The van der Waals surface area contributed by atoms with Crippen LogP contribution in [0.5, 0.6) is 0 Å². The summed E-state index contributed by atoms with van der Waals surface area (Å²) < 4.78 is 4.98. The summed E-state index contributed by atoms with van der Waals surface area (Å²) in [6.45, 7) is 2.82. The summed E-state index contributed by atoms with van der Waals surface area (Å²) in [7, 11) is 0. The van der Waals surface area contributed by atoms with Crippen LogP contribution in [0.4, 0.5) is 0 Å². The molecule has 1 aliphatic heterocycles. The van der Waals surface area contributed by atoms with E-state index < -0.39 is 0 Å². The van der Waals surface area contributed by atoms with E-state index in [0.29, 0.717) is 18.4 Å². The lowest BCUT2D eigenvalue weighted by atomic mass is 9.77. The third-order valence-corrected chi connectivity index (χ3v) is 2.94. The van der Waals surface area contributed by atoms with E-state index in [2.05, 4.69) is 6.92 Å². The molecule has 2 atom stereocenters. The van der Waals surface area contributed by atoms with Crippen molar-refractivity contribution < 1.29 is 9.53 Å². The fraction of sp³-hybridized carbons (Fsp3) is 0.700. The Bertz CT molecular complexity index is 230. The summed E-state index contributed by atoms with van der Waals surface area (Å²) in [4.78, 5) is 11.0. The Balaban J connectivity index is 2.23. The summed E-state index contributed by atoms with van der Waals surface area (Å²) in [6.07, 6.45) is 5.41. The van der Waals surface area contributed by atoms with Crippen LogP contribution in [-0.4, -0.2) is 12.6 Å². The van der Waals surface area contributed by atoms with Crippen molar-refractivity contribution in [2.75, 3.05) is 6.61 Å². The lowest BCUT2D eigenvalue weighted by Gasteiger charge is -2.32. The number of ether oxygens (including phenoxy) is 1. The van der Waals surface area contributed by atoms with Gasteiger partial charge < -0.3 is 4.74 Å². The van der Waals surface area contributed by atoms with Crippen LogP contribution < -0.4 is 0 Å². The van der Waals surface area contributed by atoms with Crippen molar-refractivity contribution in [3.8, 4) is 0 Å². The van der Waals surface area contributed by atoms with E-state index in [-0.39, 0.29) is 5.97 Å². The second-order valence-corrected chi connectivity index (χ2v) is 3.80. The lowest BCUT2D eigenvalue weighted by Crippen LogP contribution is -2.27. The smallest absolute Gasteiger partial charge is 0.330 e. The predicted octanol–water partition coefficient (Wildman–Crippen LogP) is 1.91. The van der Waals surface area contributed by atoms with Gasteiger partial charge in [0.05, 0.1) is 6.61 Å². The fourth-order valence-corrected chi connectivity index (χ4v) is 2.21. The predicted molar refractivity (Wildman–Crippen MR) is 45.5 cm³/mol. The van der Waals surface area contributed by atoms with Crippen molar-refractivity contribution >= 4 is 5.97 Å². The van der Waals surface area contributed by atoms with Gasteiger partial charge in [-0.25, -0.2) is 4.79 Å². The van der Waals surface area contributed by atoms with Gasteiger partial charge in [0.15, 0.2) is 0 Å². The Morgan fingerprint density at radius 3 is 3.17 bits per heavy atom. The number of hydrogen-bond donors (Lipinski definition) is 0. The quantitative estimate of drug-likeness (QED) is 0.514. The van der Waals surface area contributed by atoms with Gasteiger partial charge in [0.2, 0.25) is 0 Å². The highest BCUT2D eigenvalue weighted by Gasteiger charge is 2.29. The third-order valence-electron chi connectivity index (χ3n) is 2.94. The minimum atomic E-state index is -0.144. The van der Waals surface area contributed by atoms with E-state index in [4.69, 9.17) is 4.74 Å². The first-order valence-corrected chi connectivity index (χ1v) is 4.65. The minimum Gasteiger partial charge on any atom is -0.462 e. The molecule has 66 valence electrons. The highest BCUT2D eigenvalue weighted by Crippen LogP contribution is 2.35. The Kier molecular flexibility index (Phi) is 1.91. The van der Waals surface area contributed by atoms with Crippen molar-refractivity contribution in [1.82, 2.24) is 0 Å². The molecule has 0 saturated heterocycles. The van der Waals surface area contributed by atoms with Crippen LogP contribution in [0.2, 0.25) is 0 Å². The Morgan fingerprint density at radius 1 is 1.50 bits per heavy atom. The van der Waals surface area contributed by atoms with Gasteiger partial charge in [-0.05, 0) is 18.8 Å². The average molecular weight is 166 g/mol. The molecule has 2 nitrogen and oxygen atoms in total. The molecule has 2 aliphatic rings. The monoisotopic (exact) mass is 166 g/mol. The average Bonchev–Trinajstić information content (AvgIpc) is 2.07. The number of carbonyl (C=O) groups excluding carboxylic acids is 1. The molecule has 0 amide bonds. The van der Waals surface area contributed by atoms with Crippen molar-refractivity contribution in [2.45, 2.75) is 26.2 Å². The molecule has 1 saturated carbocycles. The zero-order valence-electron chi connectivity index (χ0n) is 7.38. The molecule has 0 radical (unpaired) electrons. The van der Waals surface area contributed by atoms with Crippen LogP contribution in [0.1, 0.15) is 26.2 Å². The maximum absolute atomic E-state index is 11.0. The number of fused-ring (bicyclic) bond motifs is 1.